The standard InChI is InChI=1S/C20H25NO3/c1-20(2,3)21-14-18(15-23-17-12-8-5-9-13-17)24-19(22)16-10-6-4-7-11-16/h4-13,18,21H,14-15H2,1-3H3. The van der Waals surface area contributed by atoms with Gasteiger partial charge in [-0.2, -0.15) is 0 Å². The highest BCUT2D eigenvalue weighted by Gasteiger charge is 2.19. The zero-order valence-electron chi connectivity index (χ0n) is 14.5. The first kappa shape index (κ1) is 18.0. The van der Waals surface area contributed by atoms with Crippen molar-refractivity contribution in [2.24, 2.45) is 0 Å². The lowest BCUT2D eigenvalue weighted by molar-refractivity contribution is 0.0161. The number of esters is 1. The first-order valence-electron chi connectivity index (χ1n) is 8.13. The largest absolute Gasteiger partial charge is 0.490 e. The van der Waals surface area contributed by atoms with Gasteiger partial charge in [-0.05, 0) is 45.0 Å². The number of carbonyl (C=O) groups is 1. The SMILES string of the molecule is CC(C)(C)NCC(COc1ccccc1)OC(=O)c1ccccc1. The molecule has 0 bridgehead atoms. The van der Waals surface area contributed by atoms with Crippen molar-refractivity contribution in [3.8, 4) is 5.75 Å². The van der Waals surface area contributed by atoms with Gasteiger partial charge < -0.3 is 14.8 Å². The Hall–Kier alpha value is -2.33. The Morgan fingerprint density at radius 3 is 2.17 bits per heavy atom. The summed E-state index contributed by atoms with van der Waals surface area (Å²) in [5, 5.41) is 3.36. The number of benzene rings is 2. The van der Waals surface area contributed by atoms with Gasteiger partial charge in [0.05, 0.1) is 5.56 Å². The molecule has 2 aromatic rings. The zero-order valence-corrected chi connectivity index (χ0v) is 14.5. The van der Waals surface area contributed by atoms with Crippen molar-refractivity contribution in [3.63, 3.8) is 0 Å². The monoisotopic (exact) mass is 327 g/mol. The van der Waals surface area contributed by atoms with Crippen LogP contribution in [-0.4, -0.2) is 30.8 Å². The van der Waals surface area contributed by atoms with Crippen LogP contribution in [0.3, 0.4) is 0 Å². The lowest BCUT2D eigenvalue weighted by Crippen LogP contribution is -2.44. The van der Waals surface area contributed by atoms with Crippen molar-refractivity contribution >= 4 is 5.97 Å². The summed E-state index contributed by atoms with van der Waals surface area (Å²) >= 11 is 0. The van der Waals surface area contributed by atoms with Crippen LogP contribution < -0.4 is 10.1 Å². The molecular weight excluding hydrogens is 302 g/mol. The second-order valence-electron chi connectivity index (χ2n) is 6.65. The molecule has 1 N–H and O–H groups in total. The van der Waals surface area contributed by atoms with Crippen LogP contribution in [0.5, 0.6) is 5.75 Å². The quantitative estimate of drug-likeness (QED) is 0.788. The van der Waals surface area contributed by atoms with Crippen LogP contribution in [-0.2, 0) is 4.74 Å². The van der Waals surface area contributed by atoms with Gasteiger partial charge >= 0.3 is 5.97 Å². The van der Waals surface area contributed by atoms with E-state index in [1.54, 1.807) is 12.1 Å². The number of nitrogens with one attached hydrogen (secondary N) is 1. The lowest BCUT2D eigenvalue weighted by atomic mass is 10.1. The fourth-order valence-electron chi connectivity index (χ4n) is 2.05. The van der Waals surface area contributed by atoms with Gasteiger partial charge in [0.2, 0.25) is 0 Å². The van der Waals surface area contributed by atoms with E-state index in [0.717, 1.165) is 5.75 Å². The molecule has 0 aliphatic carbocycles. The van der Waals surface area contributed by atoms with Crippen molar-refractivity contribution < 1.29 is 14.3 Å². The van der Waals surface area contributed by atoms with Crippen LogP contribution in [0, 0.1) is 0 Å². The smallest absolute Gasteiger partial charge is 0.338 e. The predicted octanol–water partition coefficient (Wildman–Crippen LogP) is 3.68. The van der Waals surface area contributed by atoms with Gasteiger partial charge in [0.15, 0.2) is 0 Å². The summed E-state index contributed by atoms with van der Waals surface area (Å²) < 4.78 is 11.4. The molecule has 0 saturated heterocycles. The molecule has 0 saturated carbocycles. The Labute approximate surface area is 143 Å². The van der Waals surface area contributed by atoms with Crippen molar-refractivity contribution in [2.75, 3.05) is 13.2 Å². The van der Waals surface area contributed by atoms with E-state index in [9.17, 15) is 4.79 Å². The van der Waals surface area contributed by atoms with Crippen molar-refractivity contribution in [1.29, 1.82) is 0 Å². The highest BCUT2D eigenvalue weighted by atomic mass is 16.6. The summed E-state index contributed by atoms with van der Waals surface area (Å²) in [6, 6.07) is 18.5. The molecule has 0 radical (unpaired) electrons. The molecule has 4 heteroatoms. The third-order valence-corrected chi connectivity index (χ3v) is 3.32. The van der Waals surface area contributed by atoms with Gasteiger partial charge in [0.25, 0.3) is 0 Å². The molecule has 24 heavy (non-hydrogen) atoms. The Morgan fingerprint density at radius 2 is 1.58 bits per heavy atom. The Bertz CT molecular complexity index is 620. The van der Waals surface area contributed by atoms with Crippen LogP contribution in [0.15, 0.2) is 60.7 Å². The molecule has 1 atom stereocenters. The van der Waals surface area contributed by atoms with Gasteiger partial charge in [0, 0.05) is 12.1 Å². The molecular formula is C20H25NO3. The minimum absolute atomic E-state index is 0.0653. The van der Waals surface area contributed by atoms with E-state index in [-0.39, 0.29) is 17.6 Å². The first-order valence-corrected chi connectivity index (χ1v) is 8.13. The van der Waals surface area contributed by atoms with E-state index in [4.69, 9.17) is 9.47 Å². The first-order chi connectivity index (χ1) is 11.4. The van der Waals surface area contributed by atoms with Gasteiger partial charge in [0.1, 0.15) is 18.5 Å². The molecule has 1 unspecified atom stereocenters. The van der Waals surface area contributed by atoms with Gasteiger partial charge in [-0.1, -0.05) is 36.4 Å². The van der Waals surface area contributed by atoms with Gasteiger partial charge in [-0.3, -0.25) is 0 Å². The number of ether oxygens (including phenoxy) is 2. The number of hydrogen-bond acceptors (Lipinski definition) is 4. The molecule has 0 aliphatic heterocycles. The minimum Gasteiger partial charge on any atom is -0.490 e. The van der Waals surface area contributed by atoms with Crippen molar-refractivity contribution in [3.05, 3.63) is 66.2 Å². The number of carbonyl (C=O) groups excluding carboxylic acids is 1. The van der Waals surface area contributed by atoms with Crippen LogP contribution in [0.25, 0.3) is 0 Å². The second kappa shape index (κ2) is 8.50. The van der Waals surface area contributed by atoms with Crippen LogP contribution >= 0.6 is 0 Å². The van der Waals surface area contributed by atoms with Gasteiger partial charge in [-0.15, -0.1) is 0 Å². The second-order valence-corrected chi connectivity index (χ2v) is 6.65. The summed E-state index contributed by atoms with van der Waals surface area (Å²) in [5.41, 5.74) is 0.474. The predicted molar refractivity (Wildman–Crippen MR) is 95.3 cm³/mol. The normalized spacial score (nSPS) is 12.5. The maximum absolute atomic E-state index is 12.3. The minimum atomic E-state index is -0.378. The Kier molecular flexibility index (Phi) is 6.38. The maximum Gasteiger partial charge on any atom is 0.338 e. The molecule has 0 heterocycles. The average molecular weight is 327 g/mol. The molecule has 0 spiro atoms. The Balaban J connectivity index is 1.97. The van der Waals surface area contributed by atoms with E-state index in [1.165, 1.54) is 0 Å². The number of para-hydroxylation sites is 1. The zero-order chi connectivity index (χ0) is 17.4. The number of hydrogen-bond donors (Lipinski definition) is 1. The number of rotatable bonds is 7. The highest BCUT2D eigenvalue weighted by molar-refractivity contribution is 5.89. The summed E-state index contributed by atoms with van der Waals surface area (Å²) in [4.78, 5) is 12.3. The molecule has 0 fully saturated rings. The molecule has 2 rings (SSSR count). The fraction of sp³-hybridized carbons (Fsp3) is 0.350. The van der Waals surface area contributed by atoms with E-state index < -0.39 is 0 Å². The Morgan fingerprint density at radius 1 is 1.00 bits per heavy atom. The highest BCUT2D eigenvalue weighted by Crippen LogP contribution is 2.11. The topological polar surface area (TPSA) is 47.6 Å². The van der Waals surface area contributed by atoms with Crippen LogP contribution in [0.2, 0.25) is 0 Å². The maximum atomic E-state index is 12.3. The third kappa shape index (κ3) is 6.42. The van der Waals surface area contributed by atoms with Crippen LogP contribution in [0.4, 0.5) is 0 Å². The summed E-state index contributed by atoms with van der Waals surface area (Å²) in [6.45, 7) is 7.03. The van der Waals surface area contributed by atoms with Crippen molar-refractivity contribution in [1.82, 2.24) is 5.32 Å². The lowest BCUT2D eigenvalue weighted by Gasteiger charge is -2.25. The van der Waals surface area contributed by atoms with E-state index in [0.29, 0.717) is 18.7 Å². The van der Waals surface area contributed by atoms with Gasteiger partial charge in [-0.25, -0.2) is 4.79 Å². The summed E-state index contributed by atoms with van der Waals surface area (Å²) in [6.07, 6.45) is -0.378. The average Bonchev–Trinajstić information content (AvgIpc) is 2.58. The molecule has 2 aromatic carbocycles. The third-order valence-electron chi connectivity index (χ3n) is 3.32. The fourth-order valence-corrected chi connectivity index (χ4v) is 2.05. The van der Waals surface area contributed by atoms with E-state index in [2.05, 4.69) is 26.1 Å². The summed E-state index contributed by atoms with van der Waals surface area (Å²) in [5.74, 6) is 0.419. The molecule has 0 aliphatic rings. The van der Waals surface area contributed by atoms with E-state index in [1.807, 2.05) is 48.5 Å². The van der Waals surface area contributed by atoms with Crippen LogP contribution in [0.1, 0.15) is 31.1 Å². The molecule has 0 amide bonds. The molecule has 0 aromatic heterocycles. The van der Waals surface area contributed by atoms with E-state index >= 15 is 0 Å². The molecule has 4 nitrogen and oxygen atoms in total. The molecule has 128 valence electrons. The van der Waals surface area contributed by atoms with Crippen molar-refractivity contribution in [2.45, 2.75) is 32.4 Å². The summed E-state index contributed by atoms with van der Waals surface area (Å²) in [7, 11) is 0.